The van der Waals surface area contributed by atoms with Gasteiger partial charge in [0.2, 0.25) is 0 Å². The van der Waals surface area contributed by atoms with E-state index in [1.807, 2.05) is 54.6 Å². The molecule has 4 heteroatoms. The molecule has 0 unspecified atom stereocenters. The molecule has 3 rings (SSSR count). The van der Waals surface area contributed by atoms with Gasteiger partial charge in [0.05, 0.1) is 0 Å². The molecule has 2 aromatic rings. The molecule has 0 aromatic heterocycles. The molecule has 1 aliphatic carbocycles. The number of nitrogens with one attached hydrogen (secondary N) is 1. The molecule has 0 spiro atoms. The van der Waals surface area contributed by atoms with E-state index >= 15 is 0 Å². The van der Waals surface area contributed by atoms with E-state index in [0.29, 0.717) is 6.61 Å². The van der Waals surface area contributed by atoms with Crippen molar-refractivity contribution >= 4 is 11.8 Å². The molecule has 0 atom stereocenters. The van der Waals surface area contributed by atoms with Gasteiger partial charge in [-0.2, -0.15) is 0 Å². The number of ether oxygens (including phenoxy) is 1. The zero-order valence-electron chi connectivity index (χ0n) is 14.5. The largest absolute Gasteiger partial charge is 0.445 e. The van der Waals surface area contributed by atoms with Crippen LogP contribution in [0, 0.1) is 0 Å². The number of anilines is 1. The zero-order valence-corrected chi connectivity index (χ0v) is 14.5. The van der Waals surface area contributed by atoms with Crippen molar-refractivity contribution in [3.8, 4) is 0 Å². The fraction of sp³-hybridized carbons (Fsp3) is 0.381. The highest BCUT2D eigenvalue weighted by molar-refractivity contribution is 5.68. The lowest BCUT2D eigenvalue weighted by Crippen LogP contribution is -2.51. The molecule has 0 bridgehead atoms. The molecule has 2 aromatic carbocycles. The second-order valence-corrected chi connectivity index (χ2v) is 6.95. The Morgan fingerprint density at radius 2 is 1.64 bits per heavy atom. The maximum atomic E-state index is 12.4. The molecule has 4 nitrogen and oxygen atoms in total. The molecule has 0 radical (unpaired) electrons. The van der Waals surface area contributed by atoms with E-state index in [1.54, 1.807) is 0 Å². The normalized spacial score (nSPS) is 16.2. The fourth-order valence-electron chi connectivity index (χ4n) is 3.58. The SMILES string of the molecule is Nc1ccc(CC2(NC(=O)OCc3ccccc3)CCCCC2)cc1. The standard InChI is InChI=1S/C21H26N2O2/c22-19-11-9-17(10-12-19)15-21(13-5-2-6-14-21)23-20(24)25-16-18-7-3-1-4-8-18/h1,3-4,7-12H,2,5-6,13-16,22H2,(H,23,24). The number of carbonyl (C=O) groups is 1. The van der Waals surface area contributed by atoms with Gasteiger partial charge in [-0.3, -0.25) is 0 Å². The predicted octanol–water partition coefficient (Wildman–Crippen LogP) is 4.44. The fourth-order valence-corrected chi connectivity index (χ4v) is 3.58. The maximum absolute atomic E-state index is 12.4. The Morgan fingerprint density at radius 1 is 0.960 bits per heavy atom. The topological polar surface area (TPSA) is 64.3 Å². The Kier molecular flexibility index (Phi) is 5.59. The summed E-state index contributed by atoms with van der Waals surface area (Å²) >= 11 is 0. The monoisotopic (exact) mass is 338 g/mol. The van der Waals surface area contributed by atoms with Gasteiger partial charge in [0.25, 0.3) is 0 Å². The van der Waals surface area contributed by atoms with Crippen LogP contribution >= 0.6 is 0 Å². The summed E-state index contributed by atoms with van der Waals surface area (Å²) in [5, 5.41) is 3.17. The molecule has 1 saturated carbocycles. The molecule has 0 heterocycles. The van der Waals surface area contributed by atoms with Crippen molar-refractivity contribution in [3.05, 3.63) is 65.7 Å². The summed E-state index contributed by atoms with van der Waals surface area (Å²) in [5.41, 5.74) is 8.51. The van der Waals surface area contributed by atoms with Crippen LogP contribution in [0.25, 0.3) is 0 Å². The number of rotatable bonds is 5. The molecular weight excluding hydrogens is 312 g/mol. The lowest BCUT2D eigenvalue weighted by atomic mass is 9.77. The van der Waals surface area contributed by atoms with Crippen molar-refractivity contribution in [1.82, 2.24) is 5.32 Å². The molecule has 3 N–H and O–H groups in total. The summed E-state index contributed by atoms with van der Waals surface area (Å²) in [6.07, 6.45) is 5.94. The smallest absolute Gasteiger partial charge is 0.407 e. The third-order valence-corrected chi connectivity index (χ3v) is 4.91. The molecule has 132 valence electrons. The third-order valence-electron chi connectivity index (χ3n) is 4.91. The second-order valence-electron chi connectivity index (χ2n) is 6.95. The molecule has 1 fully saturated rings. The predicted molar refractivity (Wildman–Crippen MR) is 100 cm³/mol. The van der Waals surface area contributed by atoms with Crippen LogP contribution in [0.4, 0.5) is 10.5 Å². The van der Waals surface area contributed by atoms with Crippen molar-refractivity contribution < 1.29 is 9.53 Å². The lowest BCUT2D eigenvalue weighted by Gasteiger charge is -2.38. The van der Waals surface area contributed by atoms with Gasteiger partial charge in [0.15, 0.2) is 0 Å². The van der Waals surface area contributed by atoms with Gasteiger partial charge < -0.3 is 15.8 Å². The lowest BCUT2D eigenvalue weighted by molar-refractivity contribution is 0.117. The Labute approximate surface area is 149 Å². The van der Waals surface area contributed by atoms with Crippen LogP contribution in [0.2, 0.25) is 0 Å². The van der Waals surface area contributed by atoms with Gasteiger partial charge in [0.1, 0.15) is 6.61 Å². The number of hydrogen-bond acceptors (Lipinski definition) is 3. The Morgan fingerprint density at radius 3 is 2.32 bits per heavy atom. The van der Waals surface area contributed by atoms with Crippen LogP contribution in [0.15, 0.2) is 54.6 Å². The van der Waals surface area contributed by atoms with E-state index in [0.717, 1.165) is 43.4 Å². The van der Waals surface area contributed by atoms with Crippen molar-refractivity contribution in [2.45, 2.75) is 50.7 Å². The molecular formula is C21H26N2O2. The van der Waals surface area contributed by atoms with E-state index in [2.05, 4.69) is 5.32 Å². The zero-order chi connectivity index (χ0) is 17.5. The highest BCUT2D eigenvalue weighted by Crippen LogP contribution is 2.31. The Hall–Kier alpha value is -2.49. The van der Waals surface area contributed by atoms with Crippen molar-refractivity contribution in [1.29, 1.82) is 0 Å². The summed E-state index contributed by atoms with van der Waals surface area (Å²) in [4.78, 5) is 12.4. The molecule has 0 saturated heterocycles. The number of alkyl carbamates (subject to hydrolysis) is 1. The summed E-state index contributed by atoms with van der Waals surface area (Å²) in [6.45, 7) is 0.296. The highest BCUT2D eigenvalue weighted by atomic mass is 16.5. The van der Waals surface area contributed by atoms with Crippen LogP contribution in [-0.4, -0.2) is 11.6 Å². The van der Waals surface area contributed by atoms with Crippen molar-refractivity contribution in [2.24, 2.45) is 0 Å². The molecule has 25 heavy (non-hydrogen) atoms. The van der Waals surface area contributed by atoms with Crippen LogP contribution < -0.4 is 11.1 Å². The van der Waals surface area contributed by atoms with Crippen molar-refractivity contribution in [2.75, 3.05) is 5.73 Å². The summed E-state index contributed by atoms with van der Waals surface area (Å²) in [7, 11) is 0. The molecule has 1 aliphatic rings. The average Bonchev–Trinajstić information content (AvgIpc) is 2.63. The van der Waals surface area contributed by atoms with E-state index in [-0.39, 0.29) is 11.6 Å². The number of carbonyl (C=O) groups excluding carboxylic acids is 1. The van der Waals surface area contributed by atoms with Gasteiger partial charge in [-0.25, -0.2) is 4.79 Å². The quantitative estimate of drug-likeness (QED) is 0.792. The minimum Gasteiger partial charge on any atom is -0.445 e. The number of hydrogen-bond donors (Lipinski definition) is 2. The van der Waals surface area contributed by atoms with E-state index in [1.165, 1.54) is 12.0 Å². The Bertz CT molecular complexity index is 677. The van der Waals surface area contributed by atoms with Gasteiger partial charge in [-0.1, -0.05) is 61.7 Å². The van der Waals surface area contributed by atoms with E-state index in [9.17, 15) is 4.79 Å². The van der Waals surface area contributed by atoms with E-state index < -0.39 is 0 Å². The average molecular weight is 338 g/mol. The highest BCUT2D eigenvalue weighted by Gasteiger charge is 2.34. The molecule has 0 aliphatic heterocycles. The number of nitrogen functional groups attached to an aromatic ring is 1. The Balaban J connectivity index is 1.63. The van der Waals surface area contributed by atoms with Gasteiger partial charge in [-0.05, 0) is 42.5 Å². The van der Waals surface area contributed by atoms with Crippen LogP contribution in [-0.2, 0) is 17.8 Å². The summed E-state index contributed by atoms with van der Waals surface area (Å²) in [5.74, 6) is 0. The van der Waals surface area contributed by atoms with E-state index in [4.69, 9.17) is 10.5 Å². The van der Waals surface area contributed by atoms with Gasteiger partial charge in [-0.15, -0.1) is 0 Å². The minimum atomic E-state index is -0.332. The first kappa shape index (κ1) is 17.3. The second kappa shape index (κ2) is 8.06. The van der Waals surface area contributed by atoms with Crippen LogP contribution in [0.1, 0.15) is 43.2 Å². The van der Waals surface area contributed by atoms with Gasteiger partial charge >= 0.3 is 6.09 Å². The number of benzene rings is 2. The van der Waals surface area contributed by atoms with Gasteiger partial charge in [0, 0.05) is 11.2 Å². The summed E-state index contributed by atoms with van der Waals surface area (Å²) in [6, 6.07) is 17.7. The summed E-state index contributed by atoms with van der Waals surface area (Å²) < 4.78 is 5.44. The van der Waals surface area contributed by atoms with Crippen LogP contribution in [0.3, 0.4) is 0 Å². The minimum absolute atomic E-state index is 0.220. The maximum Gasteiger partial charge on any atom is 0.407 e. The van der Waals surface area contributed by atoms with Crippen molar-refractivity contribution in [3.63, 3.8) is 0 Å². The number of amides is 1. The van der Waals surface area contributed by atoms with Crippen LogP contribution in [0.5, 0.6) is 0 Å². The first-order chi connectivity index (χ1) is 12.2. The first-order valence-corrected chi connectivity index (χ1v) is 8.99. The molecule has 1 amide bonds. The first-order valence-electron chi connectivity index (χ1n) is 8.99. The third kappa shape index (κ3) is 4.99. The number of nitrogens with two attached hydrogens (primary N) is 1.